The number of hydrogen-bond donors (Lipinski definition) is 3. The minimum absolute atomic E-state index is 0.112. The fourth-order valence-electron chi connectivity index (χ4n) is 1.69. The van der Waals surface area contributed by atoms with E-state index < -0.39 is 23.7 Å². The highest BCUT2D eigenvalue weighted by Gasteiger charge is 2.19. The van der Waals surface area contributed by atoms with Gasteiger partial charge in [0, 0.05) is 19.4 Å². The van der Waals surface area contributed by atoms with E-state index >= 15 is 0 Å². The first kappa shape index (κ1) is 20.8. The Bertz CT molecular complexity index is 448. The van der Waals surface area contributed by atoms with Crippen LogP contribution in [0.25, 0.3) is 0 Å². The van der Waals surface area contributed by atoms with Crippen LogP contribution in [0.15, 0.2) is 0 Å². The van der Waals surface area contributed by atoms with Crippen LogP contribution in [0.4, 0.5) is 4.79 Å². The zero-order chi connectivity index (χ0) is 17.9. The summed E-state index contributed by atoms with van der Waals surface area (Å²) in [6.07, 6.45) is 6.35. The van der Waals surface area contributed by atoms with E-state index in [1.807, 2.05) is 0 Å². The summed E-state index contributed by atoms with van der Waals surface area (Å²) in [6.45, 7) is 5.69. The molecular weight excluding hydrogens is 300 g/mol. The minimum Gasteiger partial charge on any atom is -0.480 e. The Hall–Kier alpha value is -2.23. The number of aliphatic carboxylic acids is 1. The van der Waals surface area contributed by atoms with E-state index in [1.165, 1.54) is 0 Å². The summed E-state index contributed by atoms with van der Waals surface area (Å²) in [5.74, 6) is 0.870. The van der Waals surface area contributed by atoms with Crippen molar-refractivity contribution in [3.63, 3.8) is 0 Å². The number of terminal acetylenes is 1. The van der Waals surface area contributed by atoms with Crippen LogP contribution in [0.3, 0.4) is 0 Å². The summed E-state index contributed by atoms with van der Waals surface area (Å²) in [7, 11) is 0. The van der Waals surface area contributed by atoms with Crippen LogP contribution in [0, 0.1) is 12.3 Å². The van der Waals surface area contributed by atoms with Crippen LogP contribution >= 0.6 is 0 Å². The van der Waals surface area contributed by atoms with Gasteiger partial charge in [0.15, 0.2) is 0 Å². The smallest absolute Gasteiger partial charge is 0.407 e. The first-order valence-electron chi connectivity index (χ1n) is 7.58. The van der Waals surface area contributed by atoms with E-state index in [0.29, 0.717) is 19.4 Å². The van der Waals surface area contributed by atoms with Gasteiger partial charge in [-0.15, -0.1) is 12.3 Å². The number of carbonyl (C=O) groups is 3. The van der Waals surface area contributed by atoms with Gasteiger partial charge in [-0.05, 0) is 40.0 Å². The van der Waals surface area contributed by atoms with Crippen molar-refractivity contribution < 1.29 is 24.2 Å². The Balaban J connectivity index is 3.98. The normalized spacial score (nSPS) is 11.9. The van der Waals surface area contributed by atoms with E-state index in [9.17, 15) is 14.4 Å². The third-order valence-corrected chi connectivity index (χ3v) is 2.72. The summed E-state index contributed by atoms with van der Waals surface area (Å²) in [5, 5.41) is 14.1. The molecular formula is C16H26N2O5. The Morgan fingerprint density at radius 3 is 2.43 bits per heavy atom. The highest BCUT2D eigenvalue weighted by molar-refractivity contribution is 5.83. The molecule has 0 aliphatic carbocycles. The number of hydrogen-bond acceptors (Lipinski definition) is 4. The second-order valence-electron chi connectivity index (χ2n) is 6.09. The zero-order valence-corrected chi connectivity index (χ0v) is 14.0. The first-order valence-corrected chi connectivity index (χ1v) is 7.58. The largest absolute Gasteiger partial charge is 0.480 e. The van der Waals surface area contributed by atoms with E-state index in [4.69, 9.17) is 16.3 Å². The molecule has 0 aromatic heterocycles. The number of unbranched alkanes of at least 4 members (excludes halogenated alkanes) is 1. The van der Waals surface area contributed by atoms with Crippen molar-refractivity contribution in [3.8, 4) is 12.3 Å². The molecule has 0 radical (unpaired) electrons. The van der Waals surface area contributed by atoms with Gasteiger partial charge < -0.3 is 20.5 Å². The van der Waals surface area contributed by atoms with Crippen LogP contribution in [0.1, 0.15) is 52.9 Å². The van der Waals surface area contributed by atoms with Crippen molar-refractivity contribution in [2.24, 2.45) is 0 Å². The number of amides is 2. The molecule has 7 nitrogen and oxygen atoms in total. The summed E-state index contributed by atoms with van der Waals surface area (Å²) in [5.41, 5.74) is -0.554. The van der Waals surface area contributed by atoms with Crippen molar-refractivity contribution in [2.45, 2.75) is 64.5 Å². The summed E-state index contributed by atoms with van der Waals surface area (Å²) in [6, 6.07) is -0.943. The second-order valence-corrected chi connectivity index (χ2v) is 6.09. The molecule has 0 unspecified atom stereocenters. The van der Waals surface area contributed by atoms with Crippen LogP contribution in [0.2, 0.25) is 0 Å². The molecule has 0 spiro atoms. The number of rotatable bonds is 9. The Morgan fingerprint density at radius 1 is 1.26 bits per heavy atom. The number of ether oxygens (including phenoxy) is 1. The standard InChI is InChI=1S/C16H26N2O5/c1-5-6-10-13(19)18-12(14(20)21)9-7-8-11-17-15(22)23-16(2,3)4/h1,12H,6-11H2,2-4H3,(H,17,22)(H,18,19)(H,20,21)/t12-/m1/s1. The van der Waals surface area contributed by atoms with Crippen LogP contribution in [-0.4, -0.2) is 41.3 Å². The van der Waals surface area contributed by atoms with E-state index in [-0.39, 0.29) is 25.2 Å². The number of alkyl carbamates (subject to hydrolysis) is 1. The zero-order valence-electron chi connectivity index (χ0n) is 14.0. The lowest BCUT2D eigenvalue weighted by atomic mass is 10.1. The molecule has 7 heteroatoms. The molecule has 0 saturated heterocycles. The van der Waals surface area contributed by atoms with Gasteiger partial charge in [-0.1, -0.05) is 0 Å². The Morgan fingerprint density at radius 2 is 1.91 bits per heavy atom. The monoisotopic (exact) mass is 326 g/mol. The van der Waals surface area contributed by atoms with Crippen LogP contribution < -0.4 is 10.6 Å². The maximum atomic E-state index is 11.5. The molecule has 1 atom stereocenters. The van der Waals surface area contributed by atoms with Gasteiger partial charge in [-0.3, -0.25) is 4.79 Å². The van der Waals surface area contributed by atoms with Gasteiger partial charge >= 0.3 is 12.1 Å². The average molecular weight is 326 g/mol. The lowest BCUT2D eigenvalue weighted by Crippen LogP contribution is -2.40. The lowest BCUT2D eigenvalue weighted by Gasteiger charge is -2.19. The molecule has 130 valence electrons. The van der Waals surface area contributed by atoms with Gasteiger partial charge in [0.2, 0.25) is 5.91 Å². The molecule has 0 aromatic rings. The molecule has 0 fully saturated rings. The number of carboxylic acid groups (broad SMARTS) is 1. The van der Waals surface area contributed by atoms with Crippen molar-refractivity contribution in [1.82, 2.24) is 10.6 Å². The molecule has 3 N–H and O–H groups in total. The SMILES string of the molecule is C#CCCC(=O)N[C@H](CCCCNC(=O)OC(C)(C)C)C(=O)O. The molecule has 0 aliphatic heterocycles. The maximum Gasteiger partial charge on any atom is 0.407 e. The van der Waals surface area contributed by atoms with E-state index in [0.717, 1.165) is 0 Å². The van der Waals surface area contributed by atoms with Gasteiger partial charge in [0.1, 0.15) is 11.6 Å². The van der Waals surface area contributed by atoms with Crippen molar-refractivity contribution in [1.29, 1.82) is 0 Å². The summed E-state index contributed by atoms with van der Waals surface area (Å²) >= 11 is 0. The summed E-state index contributed by atoms with van der Waals surface area (Å²) < 4.78 is 5.08. The molecule has 0 rings (SSSR count). The highest BCUT2D eigenvalue weighted by atomic mass is 16.6. The van der Waals surface area contributed by atoms with Crippen LogP contribution in [0.5, 0.6) is 0 Å². The first-order chi connectivity index (χ1) is 10.7. The molecule has 0 bridgehead atoms. The maximum absolute atomic E-state index is 11.5. The second kappa shape index (κ2) is 10.5. The number of nitrogens with one attached hydrogen (secondary N) is 2. The fourth-order valence-corrected chi connectivity index (χ4v) is 1.69. The fraction of sp³-hybridized carbons (Fsp3) is 0.688. The molecule has 0 aliphatic rings. The topological polar surface area (TPSA) is 105 Å². The van der Waals surface area contributed by atoms with Gasteiger partial charge in [-0.2, -0.15) is 0 Å². The van der Waals surface area contributed by atoms with Crippen molar-refractivity contribution >= 4 is 18.0 Å². The highest BCUT2D eigenvalue weighted by Crippen LogP contribution is 2.07. The third kappa shape index (κ3) is 12.0. The van der Waals surface area contributed by atoms with Crippen molar-refractivity contribution in [2.75, 3.05) is 6.54 Å². The van der Waals surface area contributed by atoms with Gasteiger partial charge in [-0.25, -0.2) is 9.59 Å². The molecule has 23 heavy (non-hydrogen) atoms. The summed E-state index contributed by atoms with van der Waals surface area (Å²) in [4.78, 5) is 34.0. The molecule has 2 amide bonds. The third-order valence-electron chi connectivity index (χ3n) is 2.72. The molecule has 0 saturated carbocycles. The van der Waals surface area contributed by atoms with Crippen molar-refractivity contribution in [3.05, 3.63) is 0 Å². The minimum atomic E-state index is -1.08. The molecule has 0 heterocycles. The number of carbonyl (C=O) groups excluding carboxylic acids is 2. The number of carboxylic acids is 1. The quantitative estimate of drug-likeness (QED) is 0.441. The van der Waals surface area contributed by atoms with Gasteiger partial charge in [0.05, 0.1) is 0 Å². The van der Waals surface area contributed by atoms with E-state index in [1.54, 1.807) is 20.8 Å². The van der Waals surface area contributed by atoms with Gasteiger partial charge in [0.25, 0.3) is 0 Å². The average Bonchev–Trinajstić information content (AvgIpc) is 2.41. The Kier molecular flexibility index (Phi) is 9.47. The van der Waals surface area contributed by atoms with E-state index in [2.05, 4.69) is 16.6 Å². The molecule has 0 aromatic carbocycles. The predicted molar refractivity (Wildman–Crippen MR) is 85.7 cm³/mol. The predicted octanol–water partition coefficient (Wildman–Crippen LogP) is 1.66. The van der Waals surface area contributed by atoms with Crippen LogP contribution in [-0.2, 0) is 14.3 Å². The Labute approximate surface area is 137 Å². The lowest BCUT2D eigenvalue weighted by molar-refractivity contribution is -0.142.